The van der Waals surface area contributed by atoms with Crippen LogP contribution in [0.3, 0.4) is 0 Å². The summed E-state index contributed by atoms with van der Waals surface area (Å²) in [6.45, 7) is 0.464. The summed E-state index contributed by atoms with van der Waals surface area (Å²) in [5, 5.41) is 2.75. The van der Waals surface area contributed by atoms with E-state index in [9.17, 15) is 4.79 Å². The summed E-state index contributed by atoms with van der Waals surface area (Å²) in [5.41, 5.74) is 1.42. The van der Waals surface area contributed by atoms with E-state index in [0.717, 1.165) is 5.56 Å². The van der Waals surface area contributed by atoms with Gasteiger partial charge >= 0.3 is 0 Å². The third-order valence-corrected chi connectivity index (χ3v) is 1.92. The second-order valence-corrected chi connectivity index (χ2v) is 3.01. The van der Waals surface area contributed by atoms with E-state index in [0.29, 0.717) is 12.2 Å². The molecule has 2 rings (SSSR count). The van der Waals surface area contributed by atoms with Gasteiger partial charge in [0.1, 0.15) is 5.69 Å². The van der Waals surface area contributed by atoms with E-state index in [2.05, 4.69) is 20.3 Å². The highest BCUT2D eigenvalue weighted by Gasteiger charge is 2.05. The summed E-state index contributed by atoms with van der Waals surface area (Å²) in [6, 6.07) is 3.73. The normalized spacial score (nSPS) is 9.87. The topological polar surface area (TPSA) is 70.7 Å². The average Bonchev–Trinajstić information content (AvgIpc) is 2.81. The Hall–Kier alpha value is -2.17. The molecule has 2 heterocycles. The molecule has 0 atom stereocenters. The third-order valence-electron chi connectivity index (χ3n) is 1.92. The Morgan fingerprint density at radius 3 is 3.00 bits per heavy atom. The van der Waals surface area contributed by atoms with Gasteiger partial charge in [-0.3, -0.25) is 9.78 Å². The minimum atomic E-state index is -0.170. The molecule has 5 nitrogen and oxygen atoms in total. The molecule has 15 heavy (non-hydrogen) atoms. The maximum atomic E-state index is 11.5. The van der Waals surface area contributed by atoms with Crippen molar-refractivity contribution in [3.05, 3.63) is 48.3 Å². The van der Waals surface area contributed by atoms with Crippen LogP contribution < -0.4 is 5.32 Å². The van der Waals surface area contributed by atoms with Crippen molar-refractivity contribution in [1.29, 1.82) is 0 Å². The maximum absolute atomic E-state index is 11.5. The predicted molar refractivity (Wildman–Crippen MR) is 54.0 cm³/mol. The van der Waals surface area contributed by atoms with Gasteiger partial charge in [0.25, 0.3) is 5.91 Å². The molecule has 0 aliphatic heterocycles. The van der Waals surface area contributed by atoms with Crippen molar-refractivity contribution in [2.45, 2.75) is 6.54 Å². The number of carbonyl (C=O) groups is 1. The van der Waals surface area contributed by atoms with Gasteiger partial charge in [-0.15, -0.1) is 0 Å². The monoisotopic (exact) mass is 202 g/mol. The van der Waals surface area contributed by atoms with Gasteiger partial charge in [0.15, 0.2) is 0 Å². The van der Waals surface area contributed by atoms with Crippen LogP contribution in [-0.2, 0) is 6.54 Å². The first-order valence-corrected chi connectivity index (χ1v) is 4.52. The molecular formula is C10H10N4O. The number of nitrogens with zero attached hydrogens (tertiary/aromatic N) is 2. The lowest BCUT2D eigenvalue weighted by molar-refractivity contribution is 0.0946. The lowest BCUT2D eigenvalue weighted by Gasteiger charge is -2.02. The fraction of sp³-hybridized carbons (Fsp3) is 0.100. The number of carbonyl (C=O) groups excluding carboxylic acids is 1. The van der Waals surface area contributed by atoms with Crippen molar-refractivity contribution >= 4 is 5.91 Å². The average molecular weight is 202 g/mol. The molecule has 2 aromatic rings. The summed E-state index contributed by atoms with van der Waals surface area (Å²) in [4.78, 5) is 21.9. The first kappa shape index (κ1) is 9.39. The van der Waals surface area contributed by atoms with Crippen molar-refractivity contribution < 1.29 is 4.79 Å². The van der Waals surface area contributed by atoms with Gasteiger partial charge in [-0.1, -0.05) is 6.07 Å². The zero-order valence-corrected chi connectivity index (χ0v) is 7.97. The molecule has 1 amide bonds. The Labute approximate surface area is 86.6 Å². The van der Waals surface area contributed by atoms with Crippen LogP contribution in [0.2, 0.25) is 0 Å². The molecular weight excluding hydrogens is 192 g/mol. The molecule has 0 saturated carbocycles. The van der Waals surface area contributed by atoms with E-state index in [-0.39, 0.29) is 5.91 Å². The molecule has 0 saturated heterocycles. The van der Waals surface area contributed by atoms with E-state index >= 15 is 0 Å². The molecule has 0 aromatic carbocycles. The minimum Gasteiger partial charge on any atom is -0.347 e. The van der Waals surface area contributed by atoms with E-state index in [1.54, 1.807) is 12.4 Å². The highest BCUT2D eigenvalue weighted by molar-refractivity contribution is 5.91. The van der Waals surface area contributed by atoms with Gasteiger partial charge in [0.2, 0.25) is 0 Å². The maximum Gasteiger partial charge on any atom is 0.269 e. The summed E-state index contributed by atoms with van der Waals surface area (Å²) >= 11 is 0. The lowest BCUT2D eigenvalue weighted by Crippen LogP contribution is -2.23. The number of aromatic nitrogens is 3. The van der Waals surface area contributed by atoms with Gasteiger partial charge < -0.3 is 10.3 Å². The number of hydrogen-bond acceptors (Lipinski definition) is 3. The molecule has 0 bridgehead atoms. The van der Waals surface area contributed by atoms with Gasteiger partial charge in [0.05, 0.1) is 12.5 Å². The van der Waals surface area contributed by atoms with Crippen molar-refractivity contribution in [3.63, 3.8) is 0 Å². The Morgan fingerprint density at radius 2 is 2.33 bits per heavy atom. The molecule has 76 valence electrons. The van der Waals surface area contributed by atoms with Gasteiger partial charge in [0, 0.05) is 18.9 Å². The largest absolute Gasteiger partial charge is 0.347 e. The van der Waals surface area contributed by atoms with Crippen LogP contribution >= 0.6 is 0 Å². The van der Waals surface area contributed by atoms with Gasteiger partial charge in [-0.2, -0.15) is 0 Å². The number of rotatable bonds is 3. The van der Waals surface area contributed by atoms with Gasteiger partial charge in [-0.05, 0) is 11.6 Å². The Balaban J connectivity index is 1.92. The van der Waals surface area contributed by atoms with Crippen molar-refractivity contribution in [2.75, 3.05) is 0 Å². The zero-order chi connectivity index (χ0) is 10.5. The summed E-state index contributed by atoms with van der Waals surface area (Å²) in [7, 11) is 0. The summed E-state index contributed by atoms with van der Waals surface area (Å²) < 4.78 is 0. The van der Waals surface area contributed by atoms with Crippen molar-refractivity contribution in [1.82, 2.24) is 20.3 Å². The van der Waals surface area contributed by atoms with Crippen molar-refractivity contribution in [3.8, 4) is 0 Å². The van der Waals surface area contributed by atoms with E-state index in [4.69, 9.17) is 0 Å². The van der Waals surface area contributed by atoms with Gasteiger partial charge in [-0.25, -0.2) is 4.98 Å². The molecule has 0 spiro atoms. The van der Waals surface area contributed by atoms with E-state index < -0.39 is 0 Å². The second kappa shape index (κ2) is 4.36. The number of aromatic amines is 1. The molecule has 0 radical (unpaired) electrons. The Morgan fingerprint density at radius 1 is 1.40 bits per heavy atom. The van der Waals surface area contributed by atoms with Crippen LogP contribution in [0.4, 0.5) is 0 Å². The molecule has 5 heteroatoms. The fourth-order valence-electron chi connectivity index (χ4n) is 1.16. The van der Waals surface area contributed by atoms with Crippen LogP contribution in [0.15, 0.2) is 37.1 Å². The SMILES string of the molecule is O=C(NCc1cccnc1)c1cnc[nH]1. The standard InChI is InChI=1S/C10H10N4O/c15-10(9-6-12-7-14-9)13-5-8-2-1-3-11-4-8/h1-4,6-7H,5H2,(H,12,14)(H,13,15). The van der Waals surface area contributed by atoms with Crippen LogP contribution in [0.5, 0.6) is 0 Å². The van der Waals surface area contributed by atoms with Crippen LogP contribution in [0, 0.1) is 0 Å². The molecule has 0 unspecified atom stereocenters. The molecule has 2 aromatic heterocycles. The van der Waals surface area contributed by atoms with Crippen LogP contribution in [0.25, 0.3) is 0 Å². The predicted octanol–water partition coefficient (Wildman–Crippen LogP) is 0.735. The smallest absolute Gasteiger partial charge is 0.269 e. The van der Waals surface area contributed by atoms with Crippen LogP contribution in [0.1, 0.15) is 16.1 Å². The number of hydrogen-bond donors (Lipinski definition) is 2. The number of H-pyrrole nitrogens is 1. The number of amides is 1. The number of imidazole rings is 1. The van der Waals surface area contributed by atoms with Crippen LogP contribution in [-0.4, -0.2) is 20.9 Å². The van der Waals surface area contributed by atoms with E-state index in [1.807, 2.05) is 12.1 Å². The molecule has 0 fully saturated rings. The second-order valence-electron chi connectivity index (χ2n) is 3.01. The molecule has 0 aliphatic carbocycles. The minimum absolute atomic E-state index is 0.170. The zero-order valence-electron chi connectivity index (χ0n) is 7.97. The number of pyridine rings is 1. The first-order valence-electron chi connectivity index (χ1n) is 4.52. The first-order chi connectivity index (χ1) is 7.36. The quantitative estimate of drug-likeness (QED) is 0.771. The molecule has 0 aliphatic rings. The van der Waals surface area contributed by atoms with E-state index in [1.165, 1.54) is 12.5 Å². The third kappa shape index (κ3) is 2.40. The Kier molecular flexibility index (Phi) is 2.73. The number of nitrogens with one attached hydrogen (secondary N) is 2. The highest BCUT2D eigenvalue weighted by atomic mass is 16.1. The summed E-state index contributed by atoms with van der Waals surface area (Å²) in [5.74, 6) is -0.170. The summed E-state index contributed by atoms with van der Waals surface area (Å²) in [6.07, 6.45) is 6.37. The lowest BCUT2D eigenvalue weighted by atomic mass is 10.3. The fourth-order valence-corrected chi connectivity index (χ4v) is 1.16. The van der Waals surface area contributed by atoms with Crippen molar-refractivity contribution in [2.24, 2.45) is 0 Å². The highest BCUT2D eigenvalue weighted by Crippen LogP contribution is 1.96. The molecule has 2 N–H and O–H groups in total. The Bertz CT molecular complexity index is 424.